The van der Waals surface area contributed by atoms with Gasteiger partial charge >= 0.3 is 5.97 Å². The van der Waals surface area contributed by atoms with E-state index in [-0.39, 0.29) is 6.10 Å². The monoisotopic (exact) mass is 1280 g/mol. The van der Waals surface area contributed by atoms with Gasteiger partial charge in [0.05, 0.1) is 18.1 Å². The fourth-order valence-electron chi connectivity index (χ4n) is 15.8. The third kappa shape index (κ3) is 63.9. The molecule has 0 aliphatic heterocycles. The minimum absolute atomic E-state index is 0.0809. The van der Waals surface area contributed by atoms with E-state index < -0.39 is 18.0 Å². The van der Waals surface area contributed by atoms with Gasteiger partial charge in [-0.3, -0.25) is 4.79 Å². The first-order chi connectivity index (χ1) is 44.8. The Hall–Kier alpha value is -0.610. The van der Waals surface area contributed by atoms with Crippen molar-refractivity contribution in [3.63, 3.8) is 0 Å². The van der Waals surface area contributed by atoms with Crippen LogP contribution in [-0.2, 0) is 4.79 Å². The van der Waals surface area contributed by atoms with E-state index in [0.29, 0.717) is 18.8 Å². The number of aliphatic hydroxyl groups excluding tert-OH is 2. The second kappa shape index (κ2) is 72.1. The van der Waals surface area contributed by atoms with Crippen LogP contribution in [0.3, 0.4) is 0 Å². The summed E-state index contributed by atoms with van der Waals surface area (Å²) in [6, 6.07) is 0. The number of carbonyl (C=O) groups is 1. The second-order valence-corrected chi connectivity index (χ2v) is 31.8. The van der Waals surface area contributed by atoms with Gasteiger partial charge in [0.2, 0.25) is 0 Å². The lowest BCUT2D eigenvalue weighted by atomic mass is 9.91. The van der Waals surface area contributed by atoms with Crippen LogP contribution in [0.15, 0.2) is 0 Å². The molecular formula is C87H172O4. The van der Waals surface area contributed by atoms with Crippen molar-refractivity contribution in [3.05, 3.63) is 0 Å². The van der Waals surface area contributed by atoms with Crippen LogP contribution >= 0.6 is 0 Å². The first kappa shape index (κ1) is 88.4. The van der Waals surface area contributed by atoms with E-state index in [2.05, 4.69) is 27.7 Å². The molecular weight excluding hydrogens is 1110 g/mol. The van der Waals surface area contributed by atoms with E-state index in [0.717, 1.165) is 49.9 Å². The van der Waals surface area contributed by atoms with Crippen LogP contribution in [0.4, 0.5) is 0 Å². The number of carboxylic acids is 1. The quantitative estimate of drug-likeness (QED) is 0.0530. The van der Waals surface area contributed by atoms with Gasteiger partial charge in [0.1, 0.15) is 0 Å². The van der Waals surface area contributed by atoms with Crippen LogP contribution in [0, 0.1) is 29.6 Å². The van der Waals surface area contributed by atoms with Gasteiger partial charge < -0.3 is 15.3 Å². The molecule has 1 aliphatic rings. The predicted molar refractivity (Wildman–Crippen MR) is 406 cm³/mol. The highest BCUT2D eigenvalue weighted by atomic mass is 16.4. The summed E-state index contributed by atoms with van der Waals surface area (Å²) < 4.78 is 0. The van der Waals surface area contributed by atoms with Crippen LogP contribution in [0.5, 0.6) is 0 Å². The molecule has 0 aromatic heterocycles. The van der Waals surface area contributed by atoms with Crippen LogP contribution in [-0.4, -0.2) is 33.5 Å². The lowest BCUT2D eigenvalue weighted by Gasteiger charge is -2.19. The van der Waals surface area contributed by atoms with Gasteiger partial charge in [-0.15, -0.1) is 0 Å². The molecule has 4 nitrogen and oxygen atoms in total. The summed E-state index contributed by atoms with van der Waals surface area (Å²) >= 11 is 0. The van der Waals surface area contributed by atoms with Gasteiger partial charge in [0.25, 0.3) is 0 Å². The highest BCUT2D eigenvalue weighted by Crippen LogP contribution is 2.49. The topological polar surface area (TPSA) is 77.8 Å². The molecule has 4 heteroatoms. The normalized spacial score (nSPS) is 15.8. The van der Waals surface area contributed by atoms with Crippen molar-refractivity contribution in [2.75, 3.05) is 0 Å². The summed E-state index contributed by atoms with van der Waals surface area (Å²) in [6.07, 6.45) is 102. The molecule has 0 aromatic carbocycles. The summed E-state index contributed by atoms with van der Waals surface area (Å²) in [6.45, 7) is 9.46. The molecule has 1 fully saturated rings. The molecule has 544 valence electrons. The Kier molecular flexibility index (Phi) is 70.1. The molecule has 7 atom stereocenters. The molecule has 0 radical (unpaired) electrons. The molecule has 0 amide bonds. The number of carboxylic acid groups (broad SMARTS) is 1. The molecule has 0 heterocycles. The van der Waals surface area contributed by atoms with Crippen molar-refractivity contribution < 1.29 is 20.1 Å². The van der Waals surface area contributed by atoms with E-state index in [1.165, 1.54) is 437 Å². The van der Waals surface area contributed by atoms with Crippen molar-refractivity contribution in [1.29, 1.82) is 0 Å². The smallest absolute Gasteiger partial charge is 0.309 e. The van der Waals surface area contributed by atoms with Crippen molar-refractivity contribution in [2.45, 2.75) is 521 Å². The minimum Gasteiger partial charge on any atom is -0.481 e. The maximum atomic E-state index is 12.0. The molecule has 1 aliphatic carbocycles. The summed E-state index contributed by atoms with van der Waals surface area (Å²) in [7, 11) is 0. The summed E-state index contributed by atoms with van der Waals surface area (Å²) in [4.78, 5) is 12.0. The zero-order chi connectivity index (χ0) is 65.7. The molecule has 0 spiro atoms. The Morgan fingerprint density at radius 3 is 0.747 bits per heavy atom. The lowest BCUT2D eigenvalue weighted by molar-refractivity contribution is -0.146. The van der Waals surface area contributed by atoms with E-state index in [9.17, 15) is 20.1 Å². The lowest BCUT2D eigenvalue weighted by Crippen LogP contribution is -2.28. The van der Waals surface area contributed by atoms with Crippen molar-refractivity contribution in [2.24, 2.45) is 29.6 Å². The Balaban J connectivity index is 1.77. The molecule has 1 saturated carbocycles. The number of hydrogen-bond donors (Lipinski definition) is 3. The van der Waals surface area contributed by atoms with Crippen molar-refractivity contribution >= 4 is 5.97 Å². The zero-order valence-corrected chi connectivity index (χ0v) is 63.3. The predicted octanol–water partition coefficient (Wildman–Crippen LogP) is 30.2. The summed E-state index contributed by atoms with van der Waals surface area (Å²) in [5.41, 5.74) is 0. The maximum Gasteiger partial charge on any atom is 0.309 e. The van der Waals surface area contributed by atoms with E-state index in [1.807, 2.05) is 0 Å². The number of aliphatic carboxylic acids is 1. The van der Waals surface area contributed by atoms with Gasteiger partial charge in [-0.25, -0.2) is 0 Å². The van der Waals surface area contributed by atoms with Gasteiger partial charge in [-0.2, -0.15) is 0 Å². The van der Waals surface area contributed by atoms with Gasteiger partial charge in [0.15, 0.2) is 0 Å². The summed E-state index contributed by atoms with van der Waals surface area (Å²) in [5, 5.41) is 31.3. The third-order valence-electron chi connectivity index (χ3n) is 22.8. The molecule has 1 rings (SSSR count). The second-order valence-electron chi connectivity index (χ2n) is 31.8. The first-order valence-electron chi connectivity index (χ1n) is 43.4. The number of unbranched alkanes of at least 4 members (excludes halogenated alkanes) is 64. The standard InChI is InChI=1S/C87H172O4/c1-5-7-9-11-13-15-17-19-21-23-24-25-26-27-28-33-40-46-52-58-64-70-76-83(87(90)91)86(89)78-72-66-60-54-48-42-36-35-39-45-51-57-63-69-75-82-79-84(82)80(3)73-67-61-55-49-43-37-32-29-30-34-41-47-53-59-65-71-77-85(88)81(4)74-68-62-56-50-44-38-31-22-20-18-16-14-12-10-8-6-2/h80-86,88-89H,5-79H2,1-4H3,(H,90,91)/t80-,81-,82?,83?,84+,85-,86+/m0/s1. The SMILES string of the molecule is CCCCCCCCCCCCCCCCCCCCCCCCC(C(=O)O)[C@H](O)CCCCCCCCCCCCCCCCC1C[C@@H]1[C@@H](C)CCCCCCCCCCCCCCCCCC[C@H](O)[C@@H](C)CCCCCCCCCCCCCCCCCC. The maximum absolute atomic E-state index is 12.0. The third-order valence-corrected chi connectivity index (χ3v) is 22.8. The van der Waals surface area contributed by atoms with E-state index in [4.69, 9.17) is 0 Å². The molecule has 0 bridgehead atoms. The highest BCUT2D eigenvalue weighted by molar-refractivity contribution is 5.70. The Bertz CT molecular complexity index is 1380. The largest absolute Gasteiger partial charge is 0.481 e. The van der Waals surface area contributed by atoms with Gasteiger partial charge in [0, 0.05) is 0 Å². The van der Waals surface area contributed by atoms with Gasteiger partial charge in [-0.1, -0.05) is 477 Å². The van der Waals surface area contributed by atoms with Crippen LogP contribution in [0.25, 0.3) is 0 Å². The van der Waals surface area contributed by atoms with E-state index in [1.54, 1.807) is 0 Å². The Morgan fingerprint density at radius 1 is 0.275 bits per heavy atom. The molecule has 91 heavy (non-hydrogen) atoms. The van der Waals surface area contributed by atoms with Gasteiger partial charge in [-0.05, 0) is 55.8 Å². The van der Waals surface area contributed by atoms with Crippen LogP contribution < -0.4 is 0 Å². The Labute approximate surface area is 574 Å². The fourth-order valence-corrected chi connectivity index (χ4v) is 15.8. The first-order valence-corrected chi connectivity index (χ1v) is 43.4. The zero-order valence-electron chi connectivity index (χ0n) is 63.3. The number of rotatable bonds is 80. The van der Waals surface area contributed by atoms with Crippen molar-refractivity contribution in [3.8, 4) is 0 Å². The highest BCUT2D eigenvalue weighted by Gasteiger charge is 2.39. The summed E-state index contributed by atoms with van der Waals surface area (Å²) in [5.74, 6) is 2.16. The van der Waals surface area contributed by atoms with Crippen LogP contribution in [0.2, 0.25) is 0 Å². The average molecular weight is 1280 g/mol. The van der Waals surface area contributed by atoms with Crippen molar-refractivity contribution in [1.82, 2.24) is 0 Å². The minimum atomic E-state index is -0.799. The Morgan fingerprint density at radius 2 is 0.484 bits per heavy atom. The fraction of sp³-hybridized carbons (Fsp3) is 0.989. The molecule has 0 aromatic rings. The molecule has 2 unspecified atom stereocenters. The molecule has 0 saturated heterocycles. The number of hydrogen-bond acceptors (Lipinski definition) is 3. The number of aliphatic hydroxyl groups is 2. The van der Waals surface area contributed by atoms with E-state index >= 15 is 0 Å². The molecule has 3 N–H and O–H groups in total. The average Bonchev–Trinajstić information content (AvgIpc) is 2.01. The van der Waals surface area contributed by atoms with Crippen LogP contribution in [0.1, 0.15) is 509 Å².